The van der Waals surface area contributed by atoms with Crippen molar-refractivity contribution in [2.45, 2.75) is 101 Å². The highest BCUT2D eigenvalue weighted by molar-refractivity contribution is 6.30. The van der Waals surface area contributed by atoms with Crippen LogP contribution >= 0.6 is 11.6 Å². The van der Waals surface area contributed by atoms with Gasteiger partial charge in [0.25, 0.3) is 0 Å². The Hall–Kier alpha value is -2.81. The summed E-state index contributed by atoms with van der Waals surface area (Å²) >= 11 is 6.04. The van der Waals surface area contributed by atoms with Gasteiger partial charge in [0, 0.05) is 17.6 Å². The summed E-state index contributed by atoms with van der Waals surface area (Å²) in [6, 6.07) is 12.7. The second kappa shape index (κ2) is 13.2. The summed E-state index contributed by atoms with van der Waals surface area (Å²) in [6.07, 6.45) is 4.52. The minimum atomic E-state index is -1.24. The van der Waals surface area contributed by atoms with Crippen molar-refractivity contribution >= 4 is 23.5 Å². The number of esters is 2. The molecule has 0 bridgehead atoms. The Morgan fingerprint density at radius 3 is 2.12 bits per heavy atom. The van der Waals surface area contributed by atoms with Crippen LogP contribution in [0.3, 0.4) is 0 Å². The van der Waals surface area contributed by atoms with E-state index in [2.05, 4.69) is 5.32 Å². The molecule has 0 spiro atoms. The van der Waals surface area contributed by atoms with E-state index in [-0.39, 0.29) is 18.2 Å². The van der Waals surface area contributed by atoms with Crippen LogP contribution in [0.5, 0.6) is 11.5 Å². The van der Waals surface area contributed by atoms with Crippen LogP contribution < -0.4 is 14.8 Å². The molecule has 8 nitrogen and oxygen atoms in total. The summed E-state index contributed by atoms with van der Waals surface area (Å²) in [6.45, 7) is 2.39. The Labute approximate surface area is 240 Å². The number of aliphatic hydroxyl groups is 1. The van der Waals surface area contributed by atoms with E-state index in [9.17, 15) is 14.7 Å². The number of carbonyl (C=O) groups is 2. The Morgan fingerprint density at radius 1 is 0.925 bits per heavy atom. The van der Waals surface area contributed by atoms with Crippen molar-refractivity contribution < 1.29 is 33.6 Å². The zero-order valence-corrected chi connectivity index (χ0v) is 23.6. The molecule has 0 aromatic heterocycles. The number of nitrogens with one attached hydrogen (secondary N) is 1. The summed E-state index contributed by atoms with van der Waals surface area (Å²) in [5.74, 6) is -0.409. The molecular weight excluding hydrogens is 534 g/mol. The molecule has 2 aliphatic carbocycles. The molecule has 4 atom stereocenters. The van der Waals surface area contributed by atoms with Gasteiger partial charge in [-0.05, 0) is 100 Å². The highest BCUT2D eigenvalue weighted by Gasteiger charge is 2.45. The lowest BCUT2D eigenvalue weighted by Gasteiger charge is -2.32. The van der Waals surface area contributed by atoms with Gasteiger partial charge in [-0.15, -0.1) is 0 Å². The van der Waals surface area contributed by atoms with Crippen molar-refractivity contribution in [3.05, 3.63) is 58.6 Å². The van der Waals surface area contributed by atoms with Crippen molar-refractivity contribution in [3.63, 3.8) is 0 Å². The molecule has 2 N–H and O–H groups in total. The van der Waals surface area contributed by atoms with Crippen LogP contribution in [-0.2, 0) is 25.5 Å². The first-order chi connectivity index (χ1) is 19.4. The van der Waals surface area contributed by atoms with E-state index in [1.165, 1.54) is 0 Å². The molecule has 3 aliphatic rings. The zero-order chi connectivity index (χ0) is 28.1. The second-order valence-electron chi connectivity index (χ2n) is 11.1. The molecule has 40 heavy (non-hydrogen) atoms. The predicted octanol–water partition coefficient (Wildman–Crippen LogP) is 5.07. The molecule has 2 unspecified atom stereocenters. The number of hydrogen-bond acceptors (Lipinski definition) is 8. The maximum atomic E-state index is 13.2. The number of halogens is 1. The van der Waals surface area contributed by atoms with Crippen LogP contribution in [0, 0.1) is 0 Å². The van der Waals surface area contributed by atoms with Gasteiger partial charge in [0.1, 0.15) is 12.2 Å². The molecule has 2 aromatic rings. The first-order valence-corrected chi connectivity index (χ1v) is 14.8. The fourth-order valence-electron chi connectivity index (χ4n) is 5.65. The Kier molecular flexibility index (Phi) is 9.50. The predicted molar refractivity (Wildman–Crippen MR) is 150 cm³/mol. The smallest absolute Gasteiger partial charge is 0.352 e. The maximum Gasteiger partial charge on any atom is 0.352 e. The van der Waals surface area contributed by atoms with E-state index in [0.717, 1.165) is 62.5 Å². The third-order valence-corrected chi connectivity index (χ3v) is 8.10. The Bertz CT molecular complexity index is 1180. The lowest BCUT2D eigenvalue weighted by molar-refractivity contribution is -0.177. The van der Waals surface area contributed by atoms with Gasteiger partial charge in [-0.25, -0.2) is 9.59 Å². The summed E-state index contributed by atoms with van der Waals surface area (Å²) in [5, 5.41) is 14.5. The fourth-order valence-corrected chi connectivity index (χ4v) is 5.85. The Balaban J connectivity index is 1.24. The van der Waals surface area contributed by atoms with Gasteiger partial charge in [-0.3, -0.25) is 0 Å². The molecule has 2 aromatic carbocycles. The SMILES string of the molecule is C[C@H](Cc1ccc2c(c1)OC(C(=O)OC1CCCC1)C(C(=O)OC1CCCC1)O2)NC[C@H](O)c1cccc(Cl)c1. The standard InChI is InChI=1S/C31H38ClNO7/c1-19(33-18-25(34)21-7-6-8-22(32)17-21)15-20-13-14-26-27(16-20)40-29(31(36)38-24-11-4-5-12-24)28(39-26)30(35)37-23-9-2-3-10-23/h6-8,13-14,16-17,19,23-25,28-29,33-34H,2-5,9-12,15,18H2,1H3/t19-,25+,28?,29?/m1/s1. The van der Waals surface area contributed by atoms with Crippen molar-refractivity contribution in [1.82, 2.24) is 5.32 Å². The zero-order valence-electron chi connectivity index (χ0n) is 22.9. The summed E-state index contributed by atoms with van der Waals surface area (Å²) in [5.41, 5.74) is 1.71. The number of fused-ring (bicyclic) bond motifs is 1. The molecule has 1 aliphatic heterocycles. The normalized spacial score (nSPS) is 22.6. The first-order valence-electron chi connectivity index (χ1n) is 14.4. The molecular formula is C31H38ClNO7. The van der Waals surface area contributed by atoms with Crippen molar-refractivity contribution in [1.29, 1.82) is 0 Å². The molecule has 2 saturated carbocycles. The third-order valence-electron chi connectivity index (χ3n) is 7.86. The lowest BCUT2D eigenvalue weighted by atomic mass is 10.0. The van der Waals surface area contributed by atoms with E-state index in [1.807, 2.05) is 31.2 Å². The average molecular weight is 572 g/mol. The van der Waals surface area contributed by atoms with Crippen LogP contribution in [0.4, 0.5) is 0 Å². The summed E-state index contributed by atoms with van der Waals surface area (Å²) in [4.78, 5) is 26.3. The van der Waals surface area contributed by atoms with Gasteiger partial charge in [0.15, 0.2) is 11.5 Å². The molecule has 216 valence electrons. The van der Waals surface area contributed by atoms with Crippen molar-refractivity contribution in [2.24, 2.45) is 0 Å². The van der Waals surface area contributed by atoms with E-state index >= 15 is 0 Å². The van der Waals surface area contributed by atoms with Gasteiger partial charge >= 0.3 is 11.9 Å². The van der Waals surface area contributed by atoms with Crippen molar-refractivity contribution in [2.75, 3.05) is 6.54 Å². The number of hydrogen-bond donors (Lipinski definition) is 2. The van der Waals surface area contributed by atoms with E-state index in [4.69, 9.17) is 30.5 Å². The topological polar surface area (TPSA) is 103 Å². The van der Waals surface area contributed by atoms with Crippen LogP contribution in [0.25, 0.3) is 0 Å². The number of aliphatic hydroxyl groups excluding tert-OH is 1. The van der Waals surface area contributed by atoms with Crippen molar-refractivity contribution in [3.8, 4) is 11.5 Å². The van der Waals surface area contributed by atoms with E-state index in [0.29, 0.717) is 29.5 Å². The van der Waals surface area contributed by atoms with E-state index in [1.54, 1.807) is 18.2 Å². The molecule has 2 fully saturated rings. The van der Waals surface area contributed by atoms with Gasteiger partial charge in [0.2, 0.25) is 12.2 Å². The van der Waals surface area contributed by atoms with Crippen LogP contribution in [0.15, 0.2) is 42.5 Å². The number of ether oxygens (including phenoxy) is 4. The minimum Gasteiger partial charge on any atom is -0.470 e. The molecule has 0 saturated heterocycles. The maximum absolute atomic E-state index is 13.2. The lowest BCUT2D eigenvalue weighted by Crippen LogP contribution is -2.52. The number of rotatable bonds is 10. The van der Waals surface area contributed by atoms with Gasteiger partial charge < -0.3 is 29.4 Å². The third kappa shape index (κ3) is 7.28. The highest BCUT2D eigenvalue weighted by atomic mass is 35.5. The van der Waals surface area contributed by atoms with Gasteiger partial charge in [0.05, 0.1) is 6.10 Å². The summed E-state index contributed by atoms with van der Waals surface area (Å²) < 4.78 is 23.6. The van der Waals surface area contributed by atoms with Crippen LogP contribution in [0.1, 0.15) is 75.5 Å². The largest absolute Gasteiger partial charge is 0.470 e. The molecule has 0 amide bonds. The minimum absolute atomic E-state index is 0.0358. The van der Waals surface area contributed by atoms with Gasteiger partial charge in [-0.1, -0.05) is 29.8 Å². The number of carbonyl (C=O) groups excluding carboxylic acids is 2. The quantitative estimate of drug-likeness (QED) is 0.381. The first kappa shape index (κ1) is 28.7. The molecule has 5 rings (SSSR count). The molecule has 9 heteroatoms. The number of benzene rings is 2. The molecule has 0 radical (unpaired) electrons. The van der Waals surface area contributed by atoms with Crippen LogP contribution in [-0.4, -0.2) is 54.0 Å². The summed E-state index contributed by atoms with van der Waals surface area (Å²) in [7, 11) is 0. The van der Waals surface area contributed by atoms with Crippen LogP contribution in [0.2, 0.25) is 5.02 Å². The Morgan fingerprint density at radius 2 is 1.52 bits per heavy atom. The van der Waals surface area contributed by atoms with Gasteiger partial charge in [-0.2, -0.15) is 0 Å². The monoisotopic (exact) mass is 571 g/mol. The average Bonchev–Trinajstić information content (AvgIpc) is 3.65. The fraction of sp³-hybridized carbons (Fsp3) is 0.548. The second-order valence-corrected chi connectivity index (χ2v) is 11.6. The van der Waals surface area contributed by atoms with E-state index < -0.39 is 30.3 Å². The molecule has 1 heterocycles. The highest BCUT2D eigenvalue weighted by Crippen LogP contribution is 2.37.